The Morgan fingerprint density at radius 3 is 2.47 bits per heavy atom. The molecule has 224 valence electrons. The van der Waals surface area contributed by atoms with Gasteiger partial charge < -0.3 is 20.3 Å². The SMILES string of the molecule is Cc1nc2c(OC(F)F)cc(C(=O)NC[C@](O)(c3cc(C4(O)CC4)c(F)c(-c4ccc(F)cc4)n3)C3CC3)cc2cc1Br. The van der Waals surface area contributed by atoms with E-state index in [1.807, 2.05) is 0 Å². The van der Waals surface area contributed by atoms with Gasteiger partial charge in [-0.25, -0.2) is 18.7 Å². The number of amides is 1. The molecule has 0 bridgehead atoms. The highest BCUT2D eigenvalue weighted by molar-refractivity contribution is 9.10. The van der Waals surface area contributed by atoms with Crippen LogP contribution in [0.3, 0.4) is 0 Å². The third-order valence-corrected chi connectivity index (χ3v) is 8.81. The molecule has 0 saturated heterocycles. The van der Waals surface area contributed by atoms with E-state index in [1.54, 1.807) is 13.0 Å². The Bertz CT molecular complexity index is 1750. The summed E-state index contributed by atoms with van der Waals surface area (Å²) in [4.78, 5) is 22.1. The normalized spacial score (nSPS) is 17.1. The number of carbonyl (C=O) groups excluding carboxylic acids is 1. The fourth-order valence-corrected chi connectivity index (χ4v) is 5.57. The first-order chi connectivity index (χ1) is 20.4. The van der Waals surface area contributed by atoms with Crippen LogP contribution in [0.15, 0.2) is 53.0 Å². The average molecular weight is 660 g/mol. The van der Waals surface area contributed by atoms with Gasteiger partial charge in [0, 0.05) is 26.5 Å². The van der Waals surface area contributed by atoms with Gasteiger partial charge in [-0.3, -0.25) is 4.79 Å². The molecular weight excluding hydrogens is 634 g/mol. The van der Waals surface area contributed by atoms with Crippen molar-refractivity contribution < 1.29 is 37.3 Å². The van der Waals surface area contributed by atoms with E-state index in [1.165, 1.54) is 24.3 Å². The second kappa shape index (κ2) is 10.8. The highest BCUT2D eigenvalue weighted by Crippen LogP contribution is 2.50. The van der Waals surface area contributed by atoms with E-state index in [9.17, 15) is 28.2 Å². The molecule has 2 aromatic heterocycles. The molecule has 1 amide bonds. The van der Waals surface area contributed by atoms with Crippen molar-refractivity contribution in [3.63, 3.8) is 0 Å². The fourth-order valence-electron chi connectivity index (χ4n) is 5.24. The van der Waals surface area contributed by atoms with Crippen LogP contribution in [0.2, 0.25) is 0 Å². The summed E-state index contributed by atoms with van der Waals surface area (Å²) in [6.45, 7) is -1.80. The summed E-state index contributed by atoms with van der Waals surface area (Å²) in [7, 11) is 0. The summed E-state index contributed by atoms with van der Waals surface area (Å²) in [6.07, 6.45) is 1.87. The number of benzene rings is 2. The molecule has 2 aliphatic rings. The lowest BCUT2D eigenvalue weighted by molar-refractivity contribution is -0.0489. The number of halogens is 5. The van der Waals surface area contributed by atoms with E-state index in [-0.39, 0.29) is 51.8 Å². The molecule has 2 saturated carbocycles. The van der Waals surface area contributed by atoms with Gasteiger partial charge in [-0.15, -0.1) is 0 Å². The number of nitrogens with one attached hydrogen (secondary N) is 1. The number of rotatable bonds is 9. The van der Waals surface area contributed by atoms with Crippen LogP contribution in [0.25, 0.3) is 22.2 Å². The molecule has 2 heterocycles. The van der Waals surface area contributed by atoms with Gasteiger partial charge in [0.1, 0.15) is 22.6 Å². The van der Waals surface area contributed by atoms with Crippen molar-refractivity contribution >= 4 is 32.7 Å². The Labute approximate surface area is 252 Å². The second-order valence-corrected chi connectivity index (χ2v) is 12.0. The molecule has 3 N–H and O–H groups in total. The smallest absolute Gasteiger partial charge is 0.387 e. The third-order valence-electron chi connectivity index (χ3n) is 8.01. The number of fused-ring (bicyclic) bond motifs is 1. The monoisotopic (exact) mass is 659 g/mol. The summed E-state index contributed by atoms with van der Waals surface area (Å²) in [5.74, 6) is -2.58. The Hall–Kier alpha value is -3.61. The molecule has 43 heavy (non-hydrogen) atoms. The molecule has 0 spiro atoms. The van der Waals surface area contributed by atoms with Crippen LogP contribution in [0.5, 0.6) is 5.75 Å². The molecule has 2 aromatic carbocycles. The summed E-state index contributed by atoms with van der Waals surface area (Å²) in [5.41, 5.74) is -2.36. The maximum absolute atomic E-state index is 15.7. The molecule has 0 aliphatic heterocycles. The van der Waals surface area contributed by atoms with E-state index in [0.29, 0.717) is 41.2 Å². The van der Waals surface area contributed by atoms with Crippen LogP contribution >= 0.6 is 15.9 Å². The molecular formula is C31H26BrF4N3O4. The van der Waals surface area contributed by atoms with Crippen molar-refractivity contribution in [1.29, 1.82) is 0 Å². The van der Waals surface area contributed by atoms with Crippen molar-refractivity contribution in [2.75, 3.05) is 6.54 Å². The van der Waals surface area contributed by atoms with Gasteiger partial charge >= 0.3 is 6.61 Å². The number of carbonyl (C=O) groups is 1. The van der Waals surface area contributed by atoms with Gasteiger partial charge in [0.15, 0.2) is 11.6 Å². The van der Waals surface area contributed by atoms with Gasteiger partial charge in [-0.1, -0.05) is 0 Å². The summed E-state index contributed by atoms with van der Waals surface area (Å²) >= 11 is 3.36. The predicted molar refractivity (Wildman–Crippen MR) is 152 cm³/mol. The van der Waals surface area contributed by atoms with E-state index < -0.39 is 35.4 Å². The zero-order valence-electron chi connectivity index (χ0n) is 22.8. The van der Waals surface area contributed by atoms with Crippen molar-refractivity contribution in [3.05, 3.63) is 87.2 Å². The summed E-state index contributed by atoms with van der Waals surface area (Å²) in [5, 5.41) is 25.9. The van der Waals surface area contributed by atoms with Crippen molar-refractivity contribution in [3.8, 4) is 17.0 Å². The lowest BCUT2D eigenvalue weighted by Crippen LogP contribution is -2.43. The van der Waals surface area contributed by atoms with E-state index >= 15 is 4.39 Å². The number of aryl methyl sites for hydroxylation is 1. The average Bonchev–Trinajstić information content (AvgIpc) is 3.90. The molecule has 4 aromatic rings. The standard InChI is InChI=1S/C31H26BrF4N3O4/c1-15-22(32)11-17-10-18(12-23(26(17)38-15)43-29(35)36)28(40)37-14-31(42,19-4-5-19)24-13-21(30(41)8-9-30)25(34)27(39-24)16-2-6-20(33)7-3-16/h2-3,6-7,10-13,19,29,41-42H,4-5,8-9,14H2,1H3,(H,37,40)/t31-/m1/s1. The van der Waals surface area contributed by atoms with Crippen LogP contribution in [0.1, 0.15) is 53.0 Å². The van der Waals surface area contributed by atoms with Crippen LogP contribution in [0, 0.1) is 24.5 Å². The number of alkyl halides is 2. The molecule has 0 unspecified atom stereocenters. The molecule has 6 rings (SSSR count). The molecule has 1 atom stereocenters. The second-order valence-electron chi connectivity index (χ2n) is 11.1. The van der Waals surface area contributed by atoms with Crippen molar-refractivity contribution in [2.24, 2.45) is 5.92 Å². The molecule has 0 radical (unpaired) electrons. The van der Waals surface area contributed by atoms with Gasteiger partial charge in [0.2, 0.25) is 0 Å². The minimum absolute atomic E-state index is 0.00843. The number of nitrogens with zero attached hydrogens (tertiary/aromatic N) is 2. The fraction of sp³-hybridized carbons (Fsp3) is 0.323. The highest BCUT2D eigenvalue weighted by Gasteiger charge is 2.50. The highest BCUT2D eigenvalue weighted by atomic mass is 79.9. The maximum Gasteiger partial charge on any atom is 0.387 e. The zero-order valence-corrected chi connectivity index (χ0v) is 24.4. The van der Waals surface area contributed by atoms with Crippen molar-refractivity contribution in [2.45, 2.75) is 50.4 Å². The minimum atomic E-state index is -3.15. The summed E-state index contributed by atoms with van der Waals surface area (Å²) < 4.78 is 61.0. The first-order valence-corrected chi connectivity index (χ1v) is 14.4. The quantitative estimate of drug-likeness (QED) is 0.183. The van der Waals surface area contributed by atoms with Crippen LogP contribution < -0.4 is 10.1 Å². The Kier molecular flexibility index (Phi) is 7.42. The third kappa shape index (κ3) is 5.71. The molecule has 12 heteroatoms. The number of hydrogen-bond donors (Lipinski definition) is 3. The van der Waals surface area contributed by atoms with Crippen LogP contribution in [-0.4, -0.2) is 39.2 Å². The van der Waals surface area contributed by atoms with Gasteiger partial charge in [0.05, 0.1) is 23.5 Å². The number of aromatic nitrogens is 2. The molecule has 2 fully saturated rings. The lowest BCUT2D eigenvalue weighted by atomic mass is 9.89. The topological polar surface area (TPSA) is 105 Å². The first kappa shape index (κ1) is 29.5. The predicted octanol–water partition coefficient (Wildman–Crippen LogP) is 6.26. The van der Waals surface area contributed by atoms with E-state index in [0.717, 1.165) is 18.2 Å². The summed E-state index contributed by atoms with van der Waals surface area (Å²) in [6, 6.07) is 10.6. The zero-order chi connectivity index (χ0) is 30.7. The van der Waals surface area contributed by atoms with E-state index in [2.05, 4.69) is 36.0 Å². The Morgan fingerprint density at radius 2 is 1.84 bits per heavy atom. The lowest BCUT2D eigenvalue weighted by Gasteiger charge is -2.30. The molecule has 2 aliphatic carbocycles. The molecule has 7 nitrogen and oxygen atoms in total. The Balaban J connectivity index is 1.36. The van der Waals surface area contributed by atoms with Crippen LogP contribution in [-0.2, 0) is 11.2 Å². The van der Waals surface area contributed by atoms with Crippen molar-refractivity contribution in [1.82, 2.24) is 15.3 Å². The van der Waals surface area contributed by atoms with Gasteiger partial charge in [-0.2, -0.15) is 8.78 Å². The number of hydrogen-bond acceptors (Lipinski definition) is 6. The number of aliphatic hydroxyl groups is 2. The number of pyridine rings is 2. The van der Waals surface area contributed by atoms with Gasteiger partial charge in [0.25, 0.3) is 5.91 Å². The number of ether oxygens (including phenoxy) is 1. The minimum Gasteiger partial charge on any atom is -0.432 e. The van der Waals surface area contributed by atoms with Gasteiger partial charge in [-0.05, 0) is 103 Å². The maximum atomic E-state index is 15.7. The first-order valence-electron chi connectivity index (χ1n) is 13.6. The Morgan fingerprint density at radius 1 is 1.14 bits per heavy atom. The van der Waals surface area contributed by atoms with E-state index in [4.69, 9.17) is 0 Å². The van der Waals surface area contributed by atoms with Crippen LogP contribution in [0.4, 0.5) is 17.6 Å². The largest absolute Gasteiger partial charge is 0.432 e.